The molecule has 0 aliphatic rings. The van der Waals surface area contributed by atoms with E-state index in [-0.39, 0.29) is 12.2 Å². The number of nitriles is 1. The van der Waals surface area contributed by atoms with Crippen LogP contribution in [0.3, 0.4) is 0 Å². The number of nitrogens with zero attached hydrogens (tertiary/aromatic N) is 1. The number of methoxy groups -OCH3 is 1. The van der Waals surface area contributed by atoms with Crippen molar-refractivity contribution in [1.29, 1.82) is 5.26 Å². The summed E-state index contributed by atoms with van der Waals surface area (Å²) in [6, 6.07) is 7.28. The number of hydrogen-bond acceptors (Lipinski definition) is 4. The van der Waals surface area contributed by atoms with Crippen LogP contribution >= 0.6 is 0 Å². The second-order valence-electron chi connectivity index (χ2n) is 3.62. The largest absolute Gasteiger partial charge is 0.496 e. The van der Waals surface area contributed by atoms with Gasteiger partial charge in [0.05, 0.1) is 13.7 Å². The molecule has 4 heteroatoms. The van der Waals surface area contributed by atoms with Gasteiger partial charge in [-0.2, -0.15) is 5.26 Å². The Balaban J connectivity index is 3.07. The minimum atomic E-state index is -0.612. The fraction of sp³-hybridized carbons (Fsp3) is 0.286. The fourth-order valence-electron chi connectivity index (χ4n) is 1.44. The summed E-state index contributed by atoms with van der Waals surface area (Å²) >= 11 is 0. The molecule has 0 spiro atoms. The molecule has 0 aliphatic carbocycles. The molecule has 94 valence electrons. The van der Waals surface area contributed by atoms with Crippen LogP contribution in [0.15, 0.2) is 23.8 Å². The Morgan fingerprint density at radius 2 is 2.22 bits per heavy atom. The van der Waals surface area contributed by atoms with Gasteiger partial charge in [0, 0.05) is 0 Å². The molecule has 4 nitrogen and oxygen atoms in total. The molecule has 0 aromatic heterocycles. The minimum absolute atomic E-state index is 0.0252. The first-order valence-electron chi connectivity index (χ1n) is 5.56. The average molecular weight is 245 g/mol. The summed E-state index contributed by atoms with van der Waals surface area (Å²) in [4.78, 5) is 11.5. The zero-order valence-corrected chi connectivity index (χ0v) is 10.7. The maximum absolute atomic E-state index is 11.5. The van der Waals surface area contributed by atoms with Crippen molar-refractivity contribution < 1.29 is 14.3 Å². The monoisotopic (exact) mass is 245 g/mol. The zero-order chi connectivity index (χ0) is 13.5. The molecule has 0 atom stereocenters. The molecule has 0 heterocycles. The van der Waals surface area contributed by atoms with Crippen LogP contribution in [0.2, 0.25) is 0 Å². The Kier molecular flexibility index (Phi) is 4.94. The van der Waals surface area contributed by atoms with Gasteiger partial charge in [-0.05, 0) is 37.1 Å². The summed E-state index contributed by atoms with van der Waals surface area (Å²) in [5.41, 5.74) is 1.69. The standard InChI is InChI=1S/C14H15NO3/c1-4-18-14(16)12(9-15)7-11-6-5-10(2)13(8-11)17-3/h5-8H,4H2,1-3H3/b12-7+. The van der Waals surface area contributed by atoms with Crippen molar-refractivity contribution in [3.8, 4) is 11.8 Å². The van der Waals surface area contributed by atoms with E-state index in [1.165, 1.54) is 6.08 Å². The van der Waals surface area contributed by atoms with Crippen molar-refractivity contribution in [3.63, 3.8) is 0 Å². The minimum Gasteiger partial charge on any atom is -0.496 e. The van der Waals surface area contributed by atoms with Gasteiger partial charge in [0.25, 0.3) is 0 Å². The van der Waals surface area contributed by atoms with Gasteiger partial charge in [-0.15, -0.1) is 0 Å². The van der Waals surface area contributed by atoms with E-state index in [9.17, 15) is 4.79 Å². The van der Waals surface area contributed by atoms with Crippen molar-refractivity contribution in [2.45, 2.75) is 13.8 Å². The normalized spacial score (nSPS) is 10.7. The summed E-state index contributed by atoms with van der Waals surface area (Å²) < 4.78 is 9.97. The molecule has 1 rings (SSSR count). The van der Waals surface area contributed by atoms with Gasteiger partial charge < -0.3 is 9.47 Å². The van der Waals surface area contributed by atoms with Crippen molar-refractivity contribution in [1.82, 2.24) is 0 Å². The highest BCUT2D eigenvalue weighted by molar-refractivity contribution is 5.97. The number of ether oxygens (including phenoxy) is 2. The summed E-state index contributed by atoms with van der Waals surface area (Å²) in [6.45, 7) is 3.86. The Labute approximate surface area is 106 Å². The number of hydrogen-bond donors (Lipinski definition) is 0. The van der Waals surface area contributed by atoms with E-state index >= 15 is 0 Å². The van der Waals surface area contributed by atoms with Crippen LogP contribution < -0.4 is 4.74 Å². The highest BCUT2D eigenvalue weighted by atomic mass is 16.5. The topological polar surface area (TPSA) is 59.3 Å². The number of carbonyl (C=O) groups is 1. The van der Waals surface area contributed by atoms with E-state index in [2.05, 4.69) is 0 Å². The van der Waals surface area contributed by atoms with Crippen molar-refractivity contribution in [3.05, 3.63) is 34.9 Å². The van der Waals surface area contributed by atoms with Crippen LogP contribution in [-0.4, -0.2) is 19.7 Å². The Morgan fingerprint density at radius 3 is 2.78 bits per heavy atom. The maximum atomic E-state index is 11.5. The molecule has 0 amide bonds. The third kappa shape index (κ3) is 3.36. The SMILES string of the molecule is CCOC(=O)/C(C#N)=C/c1ccc(C)c(OC)c1. The van der Waals surface area contributed by atoms with Crippen LogP contribution in [-0.2, 0) is 9.53 Å². The first kappa shape index (κ1) is 13.8. The van der Waals surface area contributed by atoms with E-state index in [1.807, 2.05) is 25.1 Å². The smallest absolute Gasteiger partial charge is 0.348 e. The lowest BCUT2D eigenvalue weighted by molar-refractivity contribution is -0.137. The van der Waals surface area contributed by atoms with Crippen molar-refractivity contribution >= 4 is 12.0 Å². The first-order valence-corrected chi connectivity index (χ1v) is 5.56. The molecule has 0 fully saturated rings. The molecule has 0 N–H and O–H groups in total. The van der Waals surface area contributed by atoms with Gasteiger partial charge in [0.15, 0.2) is 0 Å². The number of rotatable bonds is 4. The Hall–Kier alpha value is -2.28. The van der Waals surface area contributed by atoms with Gasteiger partial charge >= 0.3 is 5.97 Å². The highest BCUT2D eigenvalue weighted by Crippen LogP contribution is 2.20. The highest BCUT2D eigenvalue weighted by Gasteiger charge is 2.10. The van der Waals surface area contributed by atoms with Crippen LogP contribution in [0.1, 0.15) is 18.1 Å². The number of benzene rings is 1. The second kappa shape index (κ2) is 6.45. The molecular formula is C14H15NO3. The predicted molar refractivity (Wildman–Crippen MR) is 68.0 cm³/mol. The summed E-state index contributed by atoms with van der Waals surface area (Å²) in [5.74, 6) is 0.101. The van der Waals surface area contributed by atoms with Crippen LogP contribution in [0.5, 0.6) is 5.75 Å². The molecule has 0 aliphatic heterocycles. The summed E-state index contributed by atoms with van der Waals surface area (Å²) in [6.07, 6.45) is 1.49. The van der Waals surface area contributed by atoms with E-state index < -0.39 is 5.97 Å². The average Bonchev–Trinajstić information content (AvgIpc) is 2.37. The van der Waals surface area contributed by atoms with Gasteiger partial charge in [-0.1, -0.05) is 12.1 Å². The summed E-state index contributed by atoms with van der Waals surface area (Å²) in [7, 11) is 1.58. The number of aryl methyl sites for hydroxylation is 1. The zero-order valence-electron chi connectivity index (χ0n) is 10.7. The quantitative estimate of drug-likeness (QED) is 0.464. The van der Waals surface area contributed by atoms with Gasteiger partial charge in [0.2, 0.25) is 0 Å². The van der Waals surface area contributed by atoms with E-state index in [1.54, 1.807) is 20.1 Å². The van der Waals surface area contributed by atoms with E-state index in [0.717, 1.165) is 11.1 Å². The lowest BCUT2D eigenvalue weighted by Crippen LogP contribution is -2.06. The molecule has 0 saturated carbocycles. The molecule has 18 heavy (non-hydrogen) atoms. The lowest BCUT2D eigenvalue weighted by atomic mass is 10.1. The van der Waals surface area contributed by atoms with Gasteiger partial charge in [-0.3, -0.25) is 0 Å². The van der Waals surface area contributed by atoms with E-state index in [4.69, 9.17) is 14.7 Å². The fourth-order valence-corrected chi connectivity index (χ4v) is 1.44. The molecule has 0 bridgehead atoms. The van der Waals surface area contributed by atoms with Gasteiger partial charge in [0.1, 0.15) is 17.4 Å². The number of carbonyl (C=O) groups excluding carboxylic acids is 1. The predicted octanol–water partition coefficient (Wildman–Crippen LogP) is 2.47. The summed E-state index contributed by atoms with van der Waals surface area (Å²) in [5, 5.41) is 8.92. The molecule has 1 aromatic carbocycles. The van der Waals surface area contributed by atoms with E-state index in [0.29, 0.717) is 5.75 Å². The third-order valence-electron chi connectivity index (χ3n) is 2.36. The van der Waals surface area contributed by atoms with Crippen molar-refractivity contribution in [2.24, 2.45) is 0 Å². The van der Waals surface area contributed by atoms with Gasteiger partial charge in [-0.25, -0.2) is 4.79 Å². The Morgan fingerprint density at radius 1 is 1.50 bits per heavy atom. The number of esters is 1. The van der Waals surface area contributed by atoms with Crippen molar-refractivity contribution in [2.75, 3.05) is 13.7 Å². The third-order valence-corrected chi connectivity index (χ3v) is 2.36. The maximum Gasteiger partial charge on any atom is 0.348 e. The second-order valence-corrected chi connectivity index (χ2v) is 3.62. The molecule has 0 radical (unpaired) electrons. The first-order chi connectivity index (χ1) is 8.62. The molecule has 1 aromatic rings. The molecular weight excluding hydrogens is 230 g/mol. The Bertz CT molecular complexity index is 512. The van der Waals surface area contributed by atoms with Crippen LogP contribution in [0.4, 0.5) is 0 Å². The molecule has 0 unspecified atom stereocenters. The lowest BCUT2D eigenvalue weighted by Gasteiger charge is -2.05. The van der Waals surface area contributed by atoms with Crippen LogP contribution in [0, 0.1) is 18.3 Å². The van der Waals surface area contributed by atoms with Crippen LogP contribution in [0.25, 0.3) is 6.08 Å². The molecule has 0 saturated heterocycles.